The van der Waals surface area contributed by atoms with Crippen molar-refractivity contribution in [1.82, 2.24) is 5.32 Å². The summed E-state index contributed by atoms with van der Waals surface area (Å²) in [5.74, 6) is 0.628. The molecular formula is C30H41NO4. The van der Waals surface area contributed by atoms with E-state index in [1.54, 1.807) is 0 Å². The average molecular weight is 480 g/mol. The first kappa shape index (κ1) is 26.8. The summed E-state index contributed by atoms with van der Waals surface area (Å²) in [5, 5.41) is 2.98. The van der Waals surface area contributed by atoms with Gasteiger partial charge in [-0.05, 0) is 53.9 Å². The molecule has 1 saturated carbocycles. The lowest BCUT2D eigenvalue weighted by Gasteiger charge is -2.31. The summed E-state index contributed by atoms with van der Waals surface area (Å²) in [4.78, 5) is 25.9. The minimum absolute atomic E-state index is 0.135. The highest BCUT2D eigenvalue weighted by molar-refractivity contribution is 5.86. The molecule has 1 amide bonds. The van der Waals surface area contributed by atoms with Crippen LogP contribution in [0.15, 0.2) is 54.6 Å². The molecule has 2 aromatic rings. The van der Waals surface area contributed by atoms with Gasteiger partial charge in [-0.3, -0.25) is 4.79 Å². The maximum Gasteiger partial charge on any atom is 0.328 e. The first-order valence-electron chi connectivity index (χ1n) is 12.9. The lowest BCUT2D eigenvalue weighted by molar-refractivity contribution is -0.146. The van der Waals surface area contributed by atoms with E-state index in [-0.39, 0.29) is 17.2 Å². The van der Waals surface area contributed by atoms with E-state index in [9.17, 15) is 9.59 Å². The van der Waals surface area contributed by atoms with Crippen molar-refractivity contribution in [3.05, 3.63) is 65.7 Å². The standard InChI is InChI=1S/C30H41NO4/c1-30(2,3)26(19-22-11-7-5-8-12-22)28(32)31-27(29(33)34-4)20-23-15-17-25(18-16-23)35-21-24-13-9-6-10-14-24/h5,7-8,11-12,15-18,24,26-27H,6,9-10,13-14,19-21H2,1-4H3,(H,31,32)/t26?,27-/m0/s1. The van der Waals surface area contributed by atoms with Crippen molar-refractivity contribution in [3.8, 4) is 5.75 Å². The lowest BCUT2D eigenvalue weighted by Crippen LogP contribution is -2.48. The topological polar surface area (TPSA) is 64.6 Å². The number of carbonyl (C=O) groups excluding carboxylic acids is 2. The Balaban J connectivity index is 1.63. The predicted octanol–water partition coefficient (Wildman–Crippen LogP) is 5.75. The van der Waals surface area contributed by atoms with Crippen LogP contribution in [0.4, 0.5) is 0 Å². The Morgan fingerprint density at radius 3 is 2.14 bits per heavy atom. The fraction of sp³-hybridized carbons (Fsp3) is 0.533. The maximum absolute atomic E-state index is 13.4. The van der Waals surface area contributed by atoms with E-state index in [0.29, 0.717) is 18.8 Å². The Hall–Kier alpha value is -2.82. The molecule has 35 heavy (non-hydrogen) atoms. The molecule has 1 fully saturated rings. The summed E-state index contributed by atoms with van der Waals surface area (Å²) in [7, 11) is 1.36. The quantitative estimate of drug-likeness (QED) is 0.441. The number of hydrogen-bond donors (Lipinski definition) is 1. The third-order valence-corrected chi connectivity index (χ3v) is 7.02. The molecule has 0 heterocycles. The molecule has 0 aliphatic heterocycles. The SMILES string of the molecule is COC(=O)[C@H](Cc1ccc(OCC2CCCCC2)cc1)NC(=O)C(Cc1ccccc1)C(C)(C)C. The highest BCUT2D eigenvalue weighted by Crippen LogP contribution is 2.30. The summed E-state index contributed by atoms with van der Waals surface area (Å²) in [5.41, 5.74) is 1.78. The summed E-state index contributed by atoms with van der Waals surface area (Å²) >= 11 is 0. The van der Waals surface area contributed by atoms with Gasteiger partial charge in [0.25, 0.3) is 0 Å². The van der Waals surface area contributed by atoms with E-state index >= 15 is 0 Å². The highest BCUT2D eigenvalue weighted by atomic mass is 16.5. The first-order chi connectivity index (χ1) is 16.8. The molecule has 1 aliphatic carbocycles. The van der Waals surface area contributed by atoms with Gasteiger partial charge in [-0.2, -0.15) is 0 Å². The van der Waals surface area contributed by atoms with Crippen LogP contribution >= 0.6 is 0 Å². The van der Waals surface area contributed by atoms with Crippen LogP contribution in [-0.4, -0.2) is 31.6 Å². The van der Waals surface area contributed by atoms with Gasteiger partial charge < -0.3 is 14.8 Å². The van der Waals surface area contributed by atoms with Crippen molar-refractivity contribution in [2.24, 2.45) is 17.3 Å². The second-order valence-corrected chi connectivity index (χ2v) is 10.9. The average Bonchev–Trinajstić information content (AvgIpc) is 2.86. The number of hydrogen-bond acceptors (Lipinski definition) is 4. The number of benzene rings is 2. The predicted molar refractivity (Wildman–Crippen MR) is 139 cm³/mol. The molecular weight excluding hydrogens is 438 g/mol. The van der Waals surface area contributed by atoms with Crippen molar-refractivity contribution in [2.45, 2.75) is 71.8 Å². The van der Waals surface area contributed by atoms with Gasteiger partial charge in [0, 0.05) is 12.3 Å². The Morgan fingerprint density at radius 2 is 1.54 bits per heavy atom. The second kappa shape index (κ2) is 12.8. The third-order valence-electron chi connectivity index (χ3n) is 7.02. The zero-order valence-electron chi connectivity index (χ0n) is 21.7. The fourth-order valence-electron chi connectivity index (χ4n) is 4.78. The number of ether oxygens (including phenoxy) is 2. The van der Waals surface area contributed by atoms with Gasteiger partial charge >= 0.3 is 5.97 Å². The van der Waals surface area contributed by atoms with Gasteiger partial charge in [0.2, 0.25) is 5.91 Å². The monoisotopic (exact) mass is 479 g/mol. The number of methoxy groups -OCH3 is 1. The molecule has 1 aliphatic rings. The number of esters is 1. The molecule has 5 heteroatoms. The Labute approximate surface area is 210 Å². The van der Waals surface area contributed by atoms with Crippen LogP contribution in [0, 0.1) is 17.3 Å². The van der Waals surface area contributed by atoms with E-state index in [2.05, 4.69) is 26.1 Å². The van der Waals surface area contributed by atoms with Crippen LogP contribution < -0.4 is 10.1 Å². The van der Waals surface area contributed by atoms with Crippen molar-refractivity contribution < 1.29 is 19.1 Å². The zero-order chi connectivity index (χ0) is 25.3. The van der Waals surface area contributed by atoms with E-state index in [1.807, 2.05) is 54.6 Å². The molecule has 0 saturated heterocycles. The molecule has 3 rings (SSSR count). The second-order valence-electron chi connectivity index (χ2n) is 10.9. The van der Waals surface area contributed by atoms with Gasteiger partial charge in [-0.15, -0.1) is 0 Å². The van der Waals surface area contributed by atoms with Crippen molar-refractivity contribution in [2.75, 3.05) is 13.7 Å². The van der Waals surface area contributed by atoms with Crippen molar-refractivity contribution in [1.29, 1.82) is 0 Å². The highest BCUT2D eigenvalue weighted by Gasteiger charge is 2.34. The van der Waals surface area contributed by atoms with Crippen LogP contribution in [-0.2, 0) is 27.2 Å². The number of rotatable bonds is 10. The van der Waals surface area contributed by atoms with Gasteiger partial charge in [0.15, 0.2) is 0 Å². The van der Waals surface area contributed by atoms with Crippen molar-refractivity contribution >= 4 is 11.9 Å². The third kappa shape index (κ3) is 8.41. The van der Waals surface area contributed by atoms with Gasteiger partial charge in [0.1, 0.15) is 11.8 Å². The van der Waals surface area contributed by atoms with Crippen LogP contribution in [0.1, 0.15) is 64.0 Å². The maximum atomic E-state index is 13.4. The van der Waals surface area contributed by atoms with E-state index in [1.165, 1.54) is 39.2 Å². The van der Waals surface area contributed by atoms with E-state index in [0.717, 1.165) is 23.5 Å². The molecule has 2 aromatic carbocycles. The van der Waals surface area contributed by atoms with Crippen LogP contribution in [0.5, 0.6) is 5.75 Å². The Kier molecular flexibility index (Phi) is 9.76. The first-order valence-corrected chi connectivity index (χ1v) is 12.9. The minimum Gasteiger partial charge on any atom is -0.493 e. The normalized spacial score (nSPS) is 16.2. The molecule has 1 N–H and O–H groups in total. The lowest BCUT2D eigenvalue weighted by atomic mass is 9.76. The van der Waals surface area contributed by atoms with E-state index < -0.39 is 12.0 Å². The summed E-state index contributed by atoms with van der Waals surface area (Å²) in [6.45, 7) is 6.92. The van der Waals surface area contributed by atoms with E-state index in [4.69, 9.17) is 9.47 Å². The largest absolute Gasteiger partial charge is 0.493 e. The molecule has 190 valence electrons. The summed E-state index contributed by atoms with van der Waals surface area (Å²) in [6.07, 6.45) is 7.41. The zero-order valence-corrected chi connectivity index (χ0v) is 21.7. The smallest absolute Gasteiger partial charge is 0.328 e. The van der Waals surface area contributed by atoms with Crippen LogP contribution in [0.25, 0.3) is 0 Å². The van der Waals surface area contributed by atoms with Crippen LogP contribution in [0.2, 0.25) is 0 Å². The van der Waals surface area contributed by atoms with Gasteiger partial charge in [-0.1, -0.05) is 82.5 Å². The molecule has 5 nitrogen and oxygen atoms in total. The molecule has 2 atom stereocenters. The van der Waals surface area contributed by atoms with Gasteiger partial charge in [-0.25, -0.2) is 4.79 Å². The Morgan fingerprint density at radius 1 is 0.914 bits per heavy atom. The van der Waals surface area contributed by atoms with Crippen LogP contribution in [0.3, 0.4) is 0 Å². The fourth-order valence-corrected chi connectivity index (χ4v) is 4.78. The summed E-state index contributed by atoms with van der Waals surface area (Å²) in [6, 6.07) is 17.1. The van der Waals surface area contributed by atoms with Gasteiger partial charge in [0.05, 0.1) is 13.7 Å². The molecule has 0 radical (unpaired) electrons. The minimum atomic E-state index is -0.748. The number of carbonyl (C=O) groups is 2. The van der Waals surface area contributed by atoms with Crippen molar-refractivity contribution in [3.63, 3.8) is 0 Å². The molecule has 1 unspecified atom stereocenters. The molecule has 0 aromatic heterocycles. The molecule has 0 bridgehead atoms. The molecule has 0 spiro atoms. The summed E-state index contributed by atoms with van der Waals surface area (Å²) < 4.78 is 11.0. The number of nitrogens with one attached hydrogen (secondary N) is 1. The Bertz CT molecular complexity index is 927. The number of amides is 1.